The van der Waals surface area contributed by atoms with Crippen LogP contribution in [-0.2, 0) is 14.3 Å². The Morgan fingerprint density at radius 3 is 2.12 bits per heavy atom. The first-order valence-electron chi connectivity index (χ1n) is 13.8. The number of ether oxygens (including phenoxy) is 1. The van der Waals surface area contributed by atoms with Crippen molar-refractivity contribution >= 4 is 35.2 Å². The van der Waals surface area contributed by atoms with Crippen LogP contribution >= 0.6 is 11.6 Å². The van der Waals surface area contributed by atoms with E-state index < -0.39 is 42.2 Å². The number of anilines is 1. The maximum Gasteiger partial charge on any atom is 0.408 e. The topological polar surface area (TPSA) is 108 Å². The minimum absolute atomic E-state index is 0.249. The van der Waals surface area contributed by atoms with Crippen molar-refractivity contribution in [3.05, 3.63) is 63.7 Å². The molecule has 0 heterocycles. The van der Waals surface area contributed by atoms with Crippen LogP contribution in [0.3, 0.4) is 0 Å². The number of unbranched alkanes of at least 4 members (excludes halogenated alkanes) is 3. The fraction of sp³-hybridized carbons (Fsp3) is 0.516. The number of aryl methyl sites for hydroxylation is 3. The summed E-state index contributed by atoms with van der Waals surface area (Å²) in [6, 6.07) is 8.68. The number of nitrogens with one attached hydrogen (secondary N) is 2. The van der Waals surface area contributed by atoms with Gasteiger partial charge in [0.05, 0.1) is 17.3 Å². The lowest BCUT2D eigenvalue weighted by Gasteiger charge is -2.35. The van der Waals surface area contributed by atoms with Crippen LogP contribution in [-0.4, -0.2) is 52.7 Å². The van der Waals surface area contributed by atoms with E-state index in [2.05, 4.69) is 17.6 Å². The number of benzene rings is 2. The second-order valence-corrected chi connectivity index (χ2v) is 11.5. The number of aliphatic hydroxyl groups excluding tert-OH is 1. The largest absolute Gasteiger partial charge is 0.444 e. The Kier molecular flexibility index (Phi) is 12.5. The normalized spacial score (nSPS) is 12.8. The maximum absolute atomic E-state index is 14.1. The number of hydrogen-bond donors (Lipinski definition) is 3. The van der Waals surface area contributed by atoms with Gasteiger partial charge in [0.1, 0.15) is 17.7 Å². The lowest BCUT2D eigenvalue weighted by molar-refractivity contribution is -0.141. The first-order valence-corrected chi connectivity index (χ1v) is 14.2. The van der Waals surface area contributed by atoms with Gasteiger partial charge in [0.25, 0.3) is 5.91 Å². The molecule has 0 aliphatic carbocycles. The highest BCUT2D eigenvalue weighted by Crippen LogP contribution is 2.32. The number of hydrogen-bond acceptors (Lipinski definition) is 5. The molecule has 9 heteroatoms. The number of alkyl carbamates (subject to hydrolysis) is 1. The third-order valence-electron chi connectivity index (χ3n) is 6.55. The number of halogens is 1. The first-order chi connectivity index (χ1) is 18.8. The zero-order chi connectivity index (χ0) is 30.0. The van der Waals surface area contributed by atoms with Gasteiger partial charge in [-0.15, -0.1) is 0 Å². The van der Waals surface area contributed by atoms with Crippen molar-refractivity contribution in [2.24, 2.45) is 0 Å². The van der Waals surface area contributed by atoms with Crippen LogP contribution in [0, 0.1) is 20.8 Å². The molecule has 0 radical (unpaired) electrons. The minimum atomic E-state index is -1.30. The lowest BCUT2D eigenvalue weighted by Crippen LogP contribution is -2.54. The maximum atomic E-state index is 14.1. The molecular formula is C31H44ClN3O5. The van der Waals surface area contributed by atoms with Gasteiger partial charge >= 0.3 is 6.09 Å². The van der Waals surface area contributed by atoms with E-state index in [1.165, 1.54) is 4.90 Å². The van der Waals surface area contributed by atoms with E-state index >= 15 is 0 Å². The van der Waals surface area contributed by atoms with Crippen molar-refractivity contribution in [1.29, 1.82) is 0 Å². The predicted molar refractivity (Wildman–Crippen MR) is 160 cm³/mol. The average Bonchev–Trinajstić information content (AvgIpc) is 2.86. The Hall–Kier alpha value is -3.10. The quantitative estimate of drug-likeness (QED) is 0.260. The molecule has 2 aromatic rings. The Balaban J connectivity index is 2.59. The number of rotatable bonds is 12. The van der Waals surface area contributed by atoms with Crippen molar-refractivity contribution in [2.45, 2.75) is 91.8 Å². The van der Waals surface area contributed by atoms with Gasteiger partial charge in [0, 0.05) is 6.54 Å². The van der Waals surface area contributed by atoms with E-state index in [0.717, 1.165) is 36.0 Å². The van der Waals surface area contributed by atoms with E-state index in [-0.39, 0.29) is 6.54 Å². The zero-order valence-electron chi connectivity index (χ0n) is 24.8. The monoisotopic (exact) mass is 573 g/mol. The first kappa shape index (κ1) is 33.1. The molecule has 0 aliphatic rings. The highest BCUT2D eigenvalue weighted by molar-refractivity contribution is 6.34. The fourth-order valence-corrected chi connectivity index (χ4v) is 4.85. The molecule has 2 rings (SSSR count). The number of nitrogens with zero attached hydrogens (tertiary/aromatic N) is 1. The molecule has 2 atom stereocenters. The van der Waals surface area contributed by atoms with Gasteiger partial charge in [0.2, 0.25) is 5.91 Å². The number of carbonyl (C=O) groups is 3. The van der Waals surface area contributed by atoms with Crippen LogP contribution in [0.25, 0.3) is 0 Å². The van der Waals surface area contributed by atoms with Crippen molar-refractivity contribution in [3.63, 3.8) is 0 Å². The smallest absolute Gasteiger partial charge is 0.408 e. The molecule has 2 unspecified atom stereocenters. The fourth-order valence-electron chi connectivity index (χ4n) is 4.58. The number of para-hydroxylation sites is 1. The summed E-state index contributed by atoms with van der Waals surface area (Å²) in [4.78, 5) is 42.2. The molecule has 0 aliphatic heterocycles. The molecule has 3 amide bonds. The standard InChI is InChI=1S/C31H44ClN3O5/c1-8-9-10-11-18-35(29(38)24(19-36)33-30(39)40-31(5,6)7)27(25-20(2)14-12-15-21(25)3)28(37)34-26-22(4)16-13-17-23(26)32/h12-17,24,27,36H,8-11,18-19H2,1-7H3,(H,33,39)(H,34,37). The molecule has 0 bridgehead atoms. The van der Waals surface area contributed by atoms with E-state index in [0.29, 0.717) is 22.7 Å². The number of amides is 3. The van der Waals surface area contributed by atoms with Crippen molar-refractivity contribution in [2.75, 3.05) is 18.5 Å². The summed E-state index contributed by atoms with van der Waals surface area (Å²) in [6.07, 6.45) is 2.64. The highest BCUT2D eigenvalue weighted by Gasteiger charge is 2.37. The number of carbonyl (C=O) groups excluding carboxylic acids is 3. The minimum Gasteiger partial charge on any atom is -0.444 e. The third-order valence-corrected chi connectivity index (χ3v) is 6.87. The molecule has 0 spiro atoms. The van der Waals surface area contributed by atoms with Gasteiger partial charge in [-0.05, 0) is 76.3 Å². The summed E-state index contributed by atoms with van der Waals surface area (Å²) in [5.41, 5.74) is 2.81. The second-order valence-electron chi connectivity index (χ2n) is 11.1. The zero-order valence-corrected chi connectivity index (χ0v) is 25.5. The van der Waals surface area contributed by atoms with E-state index in [9.17, 15) is 19.5 Å². The van der Waals surface area contributed by atoms with Crippen LogP contribution in [0.2, 0.25) is 5.02 Å². The molecule has 0 saturated heterocycles. The molecule has 0 fully saturated rings. The summed E-state index contributed by atoms with van der Waals surface area (Å²) >= 11 is 6.44. The average molecular weight is 574 g/mol. The van der Waals surface area contributed by atoms with Gasteiger partial charge in [-0.2, -0.15) is 0 Å². The van der Waals surface area contributed by atoms with Crippen LogP contribution in [0.1, 0.15) is 81.7 Å². The molecule has 8 nitrogen and oxygen atoms in total. The van der Waals surface area contributed by atoms with Crippen molar-refractivity contribution < 1.29 is 24.2 Å². The SMILES string of the molecule is CCCCCCN(C(=O)C(CO)NC(=O)OC(C)(C)C)C(C(=O)Nc1c(C)cccc1Cl)c1c(C)cccc1C. The van der Waals surface area contributed by atoms with E-state index in [1.54, 1.807) is 32.9 Å². The van der Waals surface area contributed by atoms with E-state index in [1.807, 2.05) is 45.0 Å². The highest BCUT2D eigenvalue weighted by atomic mass is 35.5. The van der Waals surface area contributed by atoms with Gasteiger partial charge in [-0.3, -0.25) is 9.59 Å². The summed E-state index contributed by atoms with van der Waals surface area (Å²) in [6.45, 7) is 12.4. The van der Waals surface area contributed by atoms with Crippen LogP contribution in [0.5, 0.6) is 0 Å². The van der Waals surface area contributed by atoms with Crippen molar-refractivity contribution in [3.8, 4) is 0 Å². The third kappa shape index (κ3) is 9.24. The predicted octanol–water partition coefficient (Wildman–Crippen LogP) is 6.24. The van der Waals surface area contributed by atoms with Crippen LogP contribution < -0.4 is 10.6 Å². The lowest BCUT2D eigenvalue weighted by atomic mass is 9.93. The van der Waals surface area contributed by atoms with Gasteiger partial charge in [0.15, 0.2) is 0 Å². The molecule has 40 heavy (non-hydrogen) atoms. The Labute approximate surface area is 243 Å². The molecule has 0 saturated carbocycles. The number of aliphatic hydroxyl groups is 1. The molecule has 0 aromatic heterocycles. The Morgan fingerprint density at radius 1 is 0.975 bits per heavy atom. The van der Waals surface area contributed by atoms with Crippen molar-refractivity contribution in [1.82, 2.24) is 10.2 Å². The molecule has 3 N–H and O–H groups in total. The van der Waals surface area contributed by atoms with Gasteiger partial charge in [-0.25, -0.2) is 4.79 Å². The second kappa shape index (κ2) is 15.1. The van der Waals surface area contributed by atoms with Gasteiger partial charge < -0.3 is 25.4 Å². The molecule has 220 valence electrons. The summed E-state index contributed by atoms with van der Waals surface area (Å²) in [5.74, 6) is -1.02. The molecule has 2 aromatic carbocycles. The Bertz CT molecular complexity index is 1140. The van der Waals surface area contributed by atoms with Crippen LogP contribution in [0.15, 0.2) is 36.4 Å². The summed E-state index contributed by atoms with van der Waals surface area (Å²) in [7, 11) is 0. The van der Waals surface area contributed by atoms with Gasteiger partial charge in [-0.1, -0.05) is 68.1 Å². The summed E-state index contributed by atoms with van der Waals surface area (Å²) < 4.78 is 5.32. The van der Waals surface area contributed by atoms with E-state index in [4.69, 9.17) is 16.3 Å². The summed E-state index contributed by atoms with van der Waals surface area (Å²) in [5, 5.41) is 16.0. The van der Waals surface area contributed by atoms with Crippen LogP contribution in [0.4, 0.5) is 10.5 Å². The Morgan fingerprint density at radius 2 is 1.57 bits per heavy atom. The molecular weight excluding hydrogens is 530 g/mol.